The summed E-state index contributed by atoms with van der Waals surface area (Å²) >= 11 is 7.24. The number of fused-ring (bicyclic) bond motifs is 11. The number of halogens is 3. The number of nitrogens with zero attached hydrogens (tertiary/aromatic N) is 9. The van der Waals surface area contributed by atoms with Crippen LogP contribution in [-0.2, 0) is 40.0 Å². The normalized spacial score (nSPS) is 14.3. The number of carbonyl (C=O) groups is 1. The first-order chi connectivity index (χ1) is 61.0. The molecule has 0 aliphatic carbocycles. The Morgan fingerprint density at radius 3 is 1.82 bits per heavy atom. The van der Waals surface area contributed by atoms with Crippen molar-refractivity contribution in [2.75, 3.05) is 72.9 Å². The van der Waals surface area contributed by atoms with E-state index in [0.717, 1.165) is 98.8 Å². The van der Waals surface area contributed by atoms with E-state index >= 15 is 0 Å². The molecule has 0 spiro atoms. The minimum Gasteiger partial charge on any atom is -1.00 e. The number of carboxylic acids is 1. The van der Waals surface area contributed by atoms with Crippen LogP contribution in [0.2, 0.25) is 0 Å². The van der Waals surface area contributed by atoms with Gasteiger partial charge in [0.15, 0.2) is 18.0 Å². The van der Waals surface area contributed by atoms with Crippen molar-refractivity contribution in [3.8, 4) is 22.6 Å². The number of hydrogen-bond donors (Lipinski definition) is 3. The predicted molar refractivity (Wildman–Crippen MR) is 528 cm³/mol. The average molecular weight is 2150 g/mol. The number of carboxylic acid groups (broad SMARTS) is 1. The van der Waals surface area contributed by atoms with E-state index in [2.05, 4.69) is 330 Å². The van der Waals surface area contributed by atoms with Gasteiger partial charge in [-0.05, 0) is 166 Å². The minimum atomic E-state index is -3.67. The summed E-state index contributed by atoms with van der Waals surface area (Å²) in [5, 5.41) is 25.2. The second kappa shape index (κ2) is 47.4. The summed E-state index contributed by atoms with van der Waals surface area (Å²) in [6.45, 7) is 19.3. The number of aliphatic carboxylic acids is 1. The first-order valence-electron chi connectivity index (χ1n) is 42.1. The summed E-state index contributed by atoms with van der Waals surface area (Å²) in [4.78, 5) is 26.2. The fourth-order valence-corrected chi connectivity index (χ4v) is 19.9. The van der Waals surface area contributed by atoms with Gasteiger partial charge in [-0.3, -0.25) is 14.3 Å². The largest absolute Gasteiger partial charge is 1.00 e. The lowest BCUT2D eigenvalue weighted by Crippen LogP contribution is -3.00. The number of benzene rings is 10. The third-order valence-electron chi connectivity index (χ3n) is 21.5. The van der Waals surface area contributed by atoms with Gasteiger partial charge < -0.3 is 111 Å². The second-order valence-corrected chi connectivity index (χ2v) is 36.4. The van der Waals surface area contributed by atoms with Gasteiger partial charge in [0.05, 0.1) is 34.2 Å². The van der Waals surface area contributed by atoms with Gasteiger partial charge in [-0.2, -0.15) is 26.7 Å². The maximum atomic E-state index is 11.4. The number of anilines is 4. The van der Waals surface area contributed by atoms with Gasteiger partial charge in [-0.15, -0.1) is 11.8 Å². The van der Waals surface area contributed by atoms with Crippen LogP contribution in [0.3, 0.4) is 0 Å². The van der Waals surface area contributed by atoms with Crippen LogP contribution in [0, 0.1) is 0 Å². The van der Waals surface area contributed by atoms with E-state index in [-0.39, 0.29) is 83.8 Å². The van der Waals surface area contributed by atoms with Crippen LogP contribution in [0.15, 0.2) is 329 Å². The Balaban J connectivity index is 0.000000171. The molecule has 0 bridgehead atoms. The summed E-state index contributed by atoms with van der Waals surface area (Å²) in [6.07, 6.45) is 29.8. The van der Waals surface area contributed by atoms with E-state index in [1.807, 2.05) is 133 Å². The molecular weight excluding hydrogens is 2040 g/mol. The van der Waals surface area contributed by atoms with Gasteiger partial charge >= 0.3 is 11.9 Å². The summed E-state index contributed by atoms with van der Waals surface area (Å²) in [5.41, 5.74) is 18.6. The molecule has 10 aromatic carbocycles. The predicted octanol–water partition coefficient (Wildman–Crippen LogP) is 14.6. The third-order valence-corrected chi connectivity index (χ3v) is 25.8. The molecule has 129 heavy (non-hydrogen) atoms. The molecule has 0 saturated carbocycles. The van der Waals surface area contributed by atoms with Gasteiger partial charge in [0.25, 0.3) is 25.7 Å². The summed E-state index contributed by atoms with van der Waals surface area (Å²) in [5.74, 6) is 3.15. The quantitative estimate of drug-likeness (QED) is 0.0302. The smallest absolute Gasteiger partial charge is 0.374 e. The number of aromatic hydroxyl groups is 1. The average Bonchev–Trinajstić information content (AvgIpc) is 1.57. The number of ether oxygens (including phenoxy) is 1. The maximum Gasteiger partial charge on any atom is 0.374 e. The molecule has 25 heteroatoms. The molecule has 0 saturated heterocycles. The van der Waals surface area contributed by atoms with Crippen LogP contribution >= 0.6 is 46.2 Å². The lowest BCUT2D eigenvalue weighted by Gasteiger charge is -2.32. The molecule has 0 fully saturated rings. The molecule has 4 aliphatic heterocycles. The van der Waals surface area contributed by atoms with Crippen molar-refractivity contribution in [1.82, 2.24) is 4.98 Å². The molecule has 3 N–H and O–H groups in total. The molecule has 17 nitrogen and oxygen atoms in total. The molecule has 4 aliphatic rings. The van der Waals surface area contributed by atoms with E-state index in [4.69, 9.17) is 13.7 Å². The maximum absolute atomic E-state index is 11.4. The van der Waals surface area contributed by atoms with E-state index in [1.165, 1.54) is 85.5 Å². The number of phenolic OH excluding ortho intramolecular Hbond substituents is 1. The molecule has 8 heterocycles. The molecule has 0 amide bonds. The number of oxazole rings is 1. The Kier molecular flexibility index (Phi) is 37.0. The molecule has 0 atom stereocenters. The van der Waals surface area contributed by atoms with Gasteiger partial charge in [0.1, 0.15) is 41.2 Å². The highest BCUT2D eigenvalue weighted by Gasteiger charge is 2.45. The fourth-order valence-electron chi connectivity index (χ4n) is 15.7. The Bertz CT molecular complexity index is 6640. The van der Waals surface area contributed by atoms with E-state index in [0.29, 0.717) is 18.6 Å². The second-order valence-electron chi connectivity index (χ2n) is 30.4. The van der Waals surface area contributed by atoms with Gasteiger partial charge in [-0.25, -0.2) is 0 Å². The number of phenols is 1. The van der Waals surface area contributed by atoms with Crippen LogP contribution in [0.25, 0.3) is 83.4 Å². The summed E-state index contributed by atoms with van der Waals surface area (Å²) in [7, 11) is 4.61. The molecule has 18 rings (SSSR count). The Morgan fingerprint density at radius 2 is 1.19 bits per heavy atom. The molecule has 14 aromatic rings. The summed E-state index contributed by atoms with van der Waals surface area (Å²) < 4.78 is 49.7. The van der Waals surface area contributed by atoms with Crippen molar-refractivity contribution in [2.24, 2.45) is 0 Å². The molecule has 0 radical (unpaired) electrons. The van der Waals surface area contributed by atoms with E-state index in [9.17, 15) is 23.4 Å². The highest BCUT2D eigenvalue weighted by Crippen LogP contribution is 2.49. The van der Waals surface area contributed by atoms with E-state index in [1.54, 1.807) is 30.2 Å². The van der Waals surface area contributed by atoms with Gasteiger partial charge in [0, 0.05) is 145 Å². The SMILES string of the molecule is CCN1/C(=C/C=C/c2oc3ccccc3[n+]2CC)Sc2ccc(O)cc21.CCSC(=Cc1sc2ccccc2[n+]1CC)C=C1Oc2ccccc2N1C.CC[n+]1c(C=CC=C2c3ccccc3-c3ccccc3N2C)sc2ccccc21.CN(C)c1ccc(/C=C/C=C/C2=[N+](CCC(=O)O)c3ccc4ccccc4c3C2(C)C)cc1.CS(=O)(=O)O.[I-].[I-].[I-].c1ccncc1. The van der Waals surface area contributed by atoms with Gasteiger partial charge in [-0.1, -0.05) is 199 Å². The molecule has 666 valence electrons. The Hall–Kier alpha value is -10.5. The first-order valence-corrected chi connectivity index (χ1v) is 47.3. The monoisotopic (exact) mass is 2150 g/mol. The number of rotatable bonds is 19. The highest BCUT2D eigenvalue weighted by molar-refractivity contribution is 8.03. The lowest BCUT2D eigenvalue weighted by molar-refractivity contribution is -0.674. The Morgan fingerprint density at radius 1 is 0.597 bits per heavy atom. The number of thioether (sulfide) groups is 2. The zero-order valence-electron chi connectivity index (χ0n) is 74.2. The van der Waals surface area contributed by atoms with Crippen LogP contribution < -0.4 is 110 Å². The summed E-state index contributed by atoms with van der Waals surface area (Å²) in [6, 6.07) is 83.1. The van der Waals surface area contributed by atoms with Crippen LogP contribution in [0.4, 0.5) is 28.4 Å². The van der Waals surface area contributed by atoms with Crippen molar-refractivity contribution < 1.29 is 127 Å². The van der Waals surface area contributed by atoms with Crippen molar-refractivity contribution in [2.45, 2.75) is 84.8 Å². The van der Waals surface area contributed by atoms with Crippen LogP contribution in [0.5, 0.6) is 11.5 Å². The standard InChI is InChI=1S/C29H30N2O2.C26H23N2S.C22H23N2OS2.C21H20N2O2S.C5H5N.CH4O3S.3HI/c1-29(2)26(12-8-5-9-21-13-16-23(17-14-21)30(3)4)31(20-19-27(32)33)25-18-15-22-10-6-7-11-24(22)28(25)29;1-3-28-24-15-8-9-17-25(24)29-26(28)18-10-16-23-21-12-5-4-11-19(21)20-13-6-7-14-22(20)27(23)2;1-4-24-18-11-7-9-13-20(18)27-22(24)15-16(26-5-2)14-21-23(3)17-10-6-8-12-19(17)25-21;1-3-22-16-8-5-6-9-18(16)25-20(22)10-7-11-21-23(4-2)17-14-15(24)12-13-19(17)26-21;1-2-4-6-5-3-1;1-5(2,3)4;;;/h5-18H,19-20H2,1-4H3;4-18H,3H2,1-2H3;6-15H,4-5H2,1-3H3;5-14H,3-4H2,1-2H3;1-5H;1H3,(H,2,3,4);3*1H/q;2*+1;;;;;;/p-1. The van der Waals surface area contributed by atoms with Crippen LogP contribution in [0.1, 0.15) is 87.5 Å². The topological polar surface area (TPSA) is 175 Å². The molecular formula is C104H107I3N9O8S5+. The number of pyridine rings is 1. The lowest BCUT2D eigenvalue weighted by atomic mass is 9.79. The van der Waals surface area contributed by atoms with Crippen molar-refractivity contribution in [3.05, 3.63) is 352 Å². The zero-order valence-corrected chi connectivity index (χ0v) is 84.8. The van der Waals surface area contributed by atoms with Crippen LogP contribution in [-0.4, -0.2) is 97.7 Å². The van der Waals surface area contributed by atoms with Crippen molar-refractivity contribution in [3.63, 3.8) is 0 Å². The first kappa shape index (κ1) is 101. The van der Waals surface area contributed by atoms with Gasteiger partial charge in [0.2, 0.25) is 28.2 Å². The number of aromatic nitrogens is 4. The number of para-hydroxylation sites is 7. The minimum absolute atomic E-state index is 0. The fraction of sp³-hybridized carbons (Fsp3) is 0.192. The number of aryl methyl sites for hydroxylation is 3. The Labute approximate surface area is 825 Å². The van der Waals surface area contributed by atoms with E-state index < -0.39 is 16.1 Å². The number of allylic oxidation sites excluding steroid dienone is 8. The number of hydrogen-bond acceptors (Lipinski definition) is 15. The van der Waals surface area contributed by atoms with Crippen molar-refractivity contribution in [1.29, 1.82) is 0 Å². The third kappa shape index (κ3) is 24.8. The molecule has 4 aromatic heterocycles. The van der Waals surface area contributed by atoms with Crippen molar-refractivity contribution >= 4 is 169 Å². The zero-order chi connectivity index (χ0) is 89.0. The molecule has 0 unspecified atom stereocenters. The highest BCUT2D eigenvalue weighted by atomic mass is 127. The number of thiazole rings is 2.